The summed E-state index contributed by atoms with van der Waals surface area (Å²) in [6, 6.07) is 0. The van der Waals surface area contributed by atoms with Gasteiger partial charge < -0.3 is 15.2 Å². The van der Waals surface area contributed by atoms with Crippen LogP contribution in [-0.2, 0) is 6.54 Å². The van der Waals surface area contributed by atoms with E-state index >= 15 is 0 Å². The fourth-order valence-corrected chi connectivity index (χ4v) is 3.13. The van der Waals surface area contributed by atoms with Crippen LogP contribution in [0.5, 0.6) is 0 Å². The minimum atomic E-state index is -0.303. The van der Waals surface area contributed by atoms with E-state index in [1.54, 1.807) is 6.20 Å². The summed E-state index contributed by atoms with van der Waals surface area (Å²) < 4.78 is 0. The summed E-state index contributed by atoms with van der Waals surface area (Å²) in [6.45, 7) is 2.68. The Labute approximate surface area is 100 Å². The Morgan fingerprint density at radius 1 is 1.35 bits per heavy atom. The zero-order chi connectivity index (χ0) is 11.9. The van der Waals surface area contributed by atoms with Gasteiger partial charge in [0.1, 0.15) is 5.82 Å². The van der Waals surface area contributed by atoms with Gasteiger partial charge >= 0.3 is 0 Å². The number of imidazole rings is 1. The van der Waals surface area contributed by atoms with E-state index in [0.717, 1.165) is 38.3 Å². The van der Waals surface area contributed by atoms with Crippen molar-refractivity contribution >= 4 is 0 Å². The zero-order valence-electron chi connectivity index (χ0n) is 9.84. The average molecular weight is 237 g/mol. The predicted octanol–water partition coefficient (Wildman–Crippen LogP) is 0.117. The highest BCUT2D eigenvalue weighted by atomic mass is 16.3. The molecule has 1 saturated heterocycles. The van der Waals surface area contributed by atoms with Gasteiger partial charge in [-0.05, 0) is 25.9 Å². The molecule has 0 radical (unpaired) electrons. The summed E-state index contributed by atoms with van der Waals surface area (Å²) in [7, 11) is 0. The van der Waals surface area contributed by atoms with Crippen LogP contribution in [0.4, 0.5) is 0 Å². The molecule has 94 valence electrons. The first-order valence-corrected chi connectivity index (χ1v) is 6.27. The lowest BCUT2D eigenvalue weighted by Gasteiger charge is -2.55. The molecule has 0 unspecified atom stereocenters. The Bertz CT molecular complexity index is 361. The second kappa shape index (κ2) is 4.08. The molecule has 5 nitrogen and oxygen atoms in total. The van der Waals surface area contributed by atoms with Crippen LogP contribution in [0.25, 0.3) is 0 Å². The molecular formula is C12H19N3O2. The number of nitrogens with one attached hydrogen (secondary N) is 1. The molecule has 0 aromatic carbocycles. The van der Waals surface area contributed by atoms with Crippen LogP contribution in [0.15, 0.2) is 12.4 Å². The van der Waals surface area contributed by atoms with E-state index in [2.05, 4.69) is 14.9 Å². The maximum atomic E-state index is 9.84. The number of hydrogen-bond donors (Lipinski definition) is 3. The maximum Gasteiger partial charge on any atom is 0.120 e. The van der Waals surface area contributed by atoms with Crippen molar-refractivity contribution in [3.63, 3.8) is 0 Å². The third kappa shape index (κ3) is 1.78. The molecule has 1 spiro atoms. The van der Waals surface area contributed by atoms with Crippen LogP contribution < -0.4 is 0 Å². The molecule has 1 saturated carbocycles. The summed E-state index contributed by atoms with van der Waals surface area (Å²) in [6.07, 6.45) is 5.32. The van der Waals surface area contributed by atoms with E-state index < -0.39 is 0 Å². The fraction of sp³-hybridized carbons (Fsp3) is 0.750. The van der Waals surface area contributed by atoms with Gasteiger partial charge in [-0.2, -0.15) is 0 Å². The molecule has 1 aliphatic carbocycles. The van der Waals surface area contributed by atoms with Gasteiger partial charge in [0.2, 0.25) is 0 Å². The lowest BCUT2D eigenvalue weighted by atomic mass is 9.58. The number of aliphatic hydroxyl groups excluding tert-OH is 2. The van der Waals surface area contributed by atoms with Crippen molar-refractivity contribution in [2.45, 2.75) is 38.0 Å². The minimum Gasteiger partial charge on any atom is -0.392 e. The Morgan fingerprint density at radius 2 is 2.06 bits per heavy atom. The SMILES string of the molecule is O[C@@H]1C[C@H](O)C12CCN(Cc1ncc[nH]1)CC2. The van der Waals surface area contributed by atoms with E-state index in [4.69, 9.17) is 0 Å². The average Bonchev–Trinajstić information content (AvgIpc) is 2.83. The minimum absolute atomic E-state index is 0.209. The lowest BCUT2D eigenvalue weighted by molar-refractivity contribution is -0.190. The molecule has 5 heteroatoms. The Balaban J connectivity index is 1.57. The van der Waals surface area contributed by atoms with Crippen molar-refractivity contribution in [1.29, 1.82) is 0 Å². The molecule has 0 bridgehead atoms. The molecule has 3 N–H and O–H groups in total. The quantitative estimate of drug-likeness (QED) is 0.683. The number of hydrogen-bond acceptors (Lipinski definition) is 4. The van der Waals surface area contributed by atoms with Gasteiger partial charge in [0.05, 0.1) is 18.8 Å². The molecule has 1 aliphatic heterocycles. The second-order valence-corrected chi connectivity index (χ2v) is 5.31. The smallest absolute Gasteiger partial charge is 0.120 e. The van der Waals surface area contributed by atoms with Gasteiger partial charge in [-0.25, -0.2) is 4.98 Å². The summed E-state index contributed by atoms with van der Waals surface area (Å²) >= 11 is 0. The number of aromatic nitrogens is 2. The van der Waals surface area contributed by atoms with Crippen molar-refractivity contribution in [3.8, 4) is 0 Å². The van der Waals surface area contributed by atoms with Crippen molar-refractivity contribution in [3.05, 3.63) is 18.2 Å². The fourth-order valence-electron chi connectivity index (χ4n) is 3.13. The standard InChI is InChI=1S/C12H19N3O2/c16-9-7-10(17)12(9)1-5-15(6-2-12)8-11-13-3-4-14-11/h3-4,9-10,16-17H,1-2,5-8H2,(H,13,14)/t9-,10+. The van der Waals surface area contributed by atoms with Gasteiger partial charge in [0.25, 0.3) is 0 Å². The van der Waals surface area contributed by atoms with E-state index in [1.165, 1.54) is 0 Å². The first-order valence-electron chi connectivity index (χ1n) is 6.27. The van der Waals surface area contributed by atoms with Crippen molar-refractivity contribution < 1.29 is 10.2 Å². The molecule has 2 fully saturated rings. The van der Waals surface area contributed by atoms with Gasteiger partial charge in [0, 0.05) is 24.2 Å². The molecule has 2 atom stereocenters. The number of aromatic amines is 1. The molecule has 2 heterocycles. The summed E-state index contributed by atoms with van der Waals surface area (Å²) in [5.74, 6) is 0.982. The number of nitrogens with zero attached hydrogens (tertiary/aromatic N) is 2. The van der Waals surface area contributed by atoms with Crippen LogP contribution >= 0.6 is 0 Å². The Hall–Kier alpha value is -0.910. The van der Waals surface area contributed by atoms with Gasteiger partial charge in [-0.15, -0.1) is 0 Å². The van der Waals surface area contributed by atoms with Gasteiger partial charge in [-0.1, -0.05) is 0 Å². The Kier molecular flexibility index (Phi) is 2.69. The number of piperidine rings is 1. The van der Waals surface area contributed by atoms with Gasteiger partial charge in [-0.3, -0.25) is 4.90 Å². The van der Waals surface area contributed by atoms with E-state index in [1.807, 2.05) is 6.20 Å². The molecule has 0 amide bonds. The summed E-state index contributed by atoms with van der Waals surface area (Å²) in [4.78, 5) is 9.64. The Morgan fingerprint density at radius 3 is 2.59 bits per heavy atom. The molecular weight excluding hydrogens is 218 g/mol. The van der Waals surface area contributed by atoms with Crippen LogP contribution in [0.2, 0.25) is 0 Å². The van der Waals surface area contributed by atoms with Crippen molar-refractivity contribution in [2.75, 3.05) is 13.1 Å². The highest BCUT2D eigenvalue weighted by molar-refractivity contribution is 5.05. The predicted molar refractivity (Wildman–Crippen MR) is 62.2 cm³/mol. The van der Waals surface area contributed by atoms with Crippen LogP contribution in [-0.4, -0.2) is 50.4 Å². The molecule has 17 heavy (non-hydrogen) atoms. The highest BCUT2D eigenvalue weighted by Crippen LogP contribution is 2.49. The number of likely N-dealkylation sites (tertiary alicyclic amines) is 1. The zero-order valence-corrected chi connectivity index (χ0v) is 9.84. The molecule has 1 aromatic heterocycles. The van der Waals surface area contributed by atoms with Crippen LogP contribution in [0, 0.1) is 5.41 Å². The summed E-state index contributed by atoms with van der Waals surface area (Å²) in [5.41, 5.74) is -0.209. The van der Waals surface area contributed by atoms with Crippen molar-refractivity contribution in [1.82, 2.24) is 14.9 Å². The largest absolute Gasteiger partial charge is 0.392 e. The molecule has 1 aromatic rings. The third-order valence-corrected chi connectivity index (χ3v) is 4.49. The van der Waals surface area contributed by atoms with Crippen LogP contribution in [0.3, 0.4) is 0 Å². The maximum absolute atomic E-state index is 9.84. The van der Waals surface area contributed by atoms with Crippen LogP contribution in [0.1, 0.15) is 25.1 Å². The number of rotatable bonds is 2. The first kappa shape index (κ1) is 11.2. The number of H-pyrrole nitrogens is 1. The lowest BCUT2D eigenvalue weighted by Crippen LogP contribution is -2.61. The highest BCUT2D eigenvalue weighted by Gasteiger charge is 2.54. The van der Waals surface area contributed by atoms with E-state index in [-0.39, 0.29) is 17.6 Å². The topological polar surface area (TPSA) is 72.4 Å². The monoisotopic (exact) mass is 237 g/mol. The van der Waals surface area contributed by atoms with E-state index in [0.29, 0.717) is 6.42 Å². The second-order valence-electron chi connectivity index (χ2n) is 5.31. The number of aliphatic hydroxyl groups is 2. The first-order chi connectivity index (χ1) is 8.21. The summed E-state index contributed by atoms with van der Waals surface area (Å²) in [5, 5.41) is 19.7. The molecule has 3 rings (SSSR count). The van der Waals surface area contributed by atoms with Gasteiger partial charge in [0.15, 0.2) is 0 Å². The van der Waals surface area contributed by atoms with Crippen molar-refractivity contribution in [2.24, 2.45) is 5.41 Å². The third-order valence-electron chi connectivity index (χ3n) is 4.49. The molecule has 2 aliphatic rings. The van der Waals surface area contributed by atoms with E-state index in [9.17, 15) is 10.2 Å². The normalized spacial score (nSPS) is 32.6.